The molecule has 10 heteroatoms. The molecule has 0 radical (unpaired) electrons. The molecule has 0 spiro atoms. The zero-order valence-corrected chi connectivity index (χ0v) is 22.1. The van der Waals surface area contributed by atoms with Crippen molar-refractivity contribution >= 4 is 24.4 Å². The third-order valence-corrected chi connectivity index (χ3v) is 6.52. The van der Waals surface area contributed by atoms with E-state index in [0.29, 0.717) is 22.0 Å². The molecule has 1 aromatic heterocycles. The summed E-state index contributed by atoms with van der Waals surface area (Å²) in [6.07, 6.45) is 1.66. The number of phenolic OH excluding ortho intramolecular Hbond substituents is 1. The number of aromatic amines is 1. The van der Waals surface area contributed by atoms with Crippen LogP contribution in [-0.4, -0.2) is 60.7 Å². The Bertz CT molecular complexity index is 1250. The van der Waals surface area contributed by atoms with Crippen molar-refractivity contribution < 1.29 is 19.4 Å². The lowest BCUT2D eigenvalue weighted by Crippen LogP contribution is -2.38. The normalized spacial score (nSPS) is 13.5. The van der Waals surface area contributed by atoms with Gasteiger partial charge in [0.1, 0.15) is 22.3 Å². The highest BCUT2D eigenvalue weighted by molar-refractivity contribution is 7.80. The lowest BCUT2D eigenvalue weighted by atomic mass is 9.94. The van der Waals surface area contributed by atoms with Gasteiger partial charge in [0.25, 0.3) is 0 Å². The molecule has 1 aliphatic heterocycles. The summed E-state index contributed by atoms with van der Waals surface area (Å²) in [5.74, 6) is 1.09. The van der Waals surface area contributed by atoms with Gasteiger partial charge in [0, 0.05) is 44.4 Å². The number of phenols is 1. The zero-order chi connectivity index (χ0) is 26.0. The minimum absolute atomic E-state index is 0.0242. The van der Waals surface area contributed by atoms with E-state index in [4.69, 9.17) is 9.47 Å². The quantitative estimate of drug-likeness (QED) is 0.260. The maximum atomic E-state index is 12.2. The van der Waals surface area contributed by atoms with Gasteiger partial charge in [-0.25, -0.2) is 9.80 Å². The second-order valence-corrected chi connectivity index (χ2v) is 9.76. The van der Waals surface area contributed by atoms with E-state index in [2.05, 4.69) is 39.2 Å². The number of amides is 1. The Morgan fingerprint density at radius 1 is 1.19 bits per heavy atom. The fraction of sp³-hybridized carbons (Fsp3) is 0.385. The summed E-state index contributed by atoms with van der Waals surface area (Å²) in [5.41, 5.74) is 7.18. The molecule has 1 fully saturated rings. The number of hydrogen-bond donors (Lipinski definition) is 4. The van der Waals surface area contributed by atoms with Gasteiger partial charge < -0.3 is 19.5 Å². The molecular weight excluding hydrogens is 478 g/mol. The van der Waals surface area contributed by atoms with Gasteiger partial charge in [-0.15, -0.1) is 12.6 Å². The number of benzene rings is 2. The number of hydrazine groups is 1. The number of anilines is 1. The molecule has 0 aliphatic carbocycles. The number of nitrogens with zero attached hydrogens (tertiary/aromatic N) is 3. The van der Waals surface area contributed by atoms with Crippen LogP contribution in [0.25, 0.3) is 22.4 Å². The van der Waals surface area contributed by atoms with Gasteiger partial charge in [-0.3, -0.25) is 10.5 Å². The molecule has 2 heterocycles. The van der Waals surface area contributed by atoms with Crippen molar-refractivity contribution in [3.63, 3.8) is 0 Å². The van der Waals surface area contributed by atoms with E-state index < -0.39 is 6.09 Å². The largest absolute Gasteiger partial charge is 0.507 e. The van der Waals surface area contributed by atoms with Crippen LogP contribution in [0, 0.1) is 0 Å². The van der Waals surface area contributed by atoms with Crippen LogP contribution in [0.5, 0.6) is 17.2 Å². The van der Waals surface area contributed by atoms with Gasteiger partial charge in [0.2, 0.25) is 0 Å². The number of aromatic hydroxyl groups is 1. The van der Waals surface area contributed by atoms with Gasteiger partial charge in [-0.2, -0.15) is 5.10 Å². The number of hydrogen-bond acceptors (Lipinski definition) is 8. The number of thiol groups is 1. The predicted molar refractivity (Wildman–Crippen MR) is 143 cm³/mol. The SMILES string of the molecule is COc1ccc(-c2c(S)n[nH]c2-c2cc(C(C)C)c(OC(=O)NN(C)C)cc2O)cc1N1CCCC1. The highest BCUT2D eigenvalue weighted by atomic mass is 32.1. The standard InChI is InChI=1S/C26H33N5O4S/c1-15(2)17-13-18(20(32)14-22(17)35-26(33)29-30(3)4)24-23(25(36)28-27-24)16-8-9-21(34-5)19(12-16)31-10-6-7-11-31/h8-9,12-15,32H,6-7,10-11H2,1-5H3,(H,29,33)(H2,27,28,36). The average molecular weight is 512 g/mol. The van der Waals surface area contributed by atoms with Gasteiger partial charge in [0.05, 0.1) is 18.5 Å². The van der Waals surface area contributed by atoms with Gasteiger partial charge in [-0.1, -0.05) is 19.9 Å². The fourth-order valence-electron chi connectivity index (χ4n) is 4.48. The van der Waals surface area contributed by atoms with Crippen LogP contribution >= 0.6 is 12.6 Å². The van der Waals surface area contributed by atoms with Crippen LogP contribution < -0.4 is 19.8 Å². The first kappa shape index (κ1) is 25.7. The summed E-state index contributed by atoms with van der Waals surface area (Å²) in [4.78, 5) is 14.5. The van der Waals surface area contributed by atoms with E-state index in [1.54, 1.807) is 21.2 Å². The lowest BCUT2D eigenvalue weighted by Gasteiger charge is -2.22. The van der Waals surface area contributed by atoms with Crippen molar-refractivity contribution in [2.75, 3.05) is 39.2 Å². The molecule has 9 nitrogen and oxygen atoms in total. The number of carbonyl (C=O) groups excluding carboxylic acids is 1. The summed E-state index contributed by atoms with van der Waals surface area (Å²) >= 11 is 4.62. The molecule has 2 aromatic carbocycles. The van der Waals surface area contributed by atoms with Crippen molar-refractivity contribution in [3.05, 3.63) is 35.9 Å². The van der Waals surface area contributed by atoms with Crippen molar-refractivity contribution in [3.8, 4) is 39.6 Å². The van der Waals surface area contributed by atoms with Crippen molar-refractivity contribution in [1.82, 2.24) is 20.6 Å². The number of ether oxygens (including phenoxy) is 2. The second kappa shape index (κ2) is 10.7. The second-order valence-electron chi connectivity index (χ2n) is 9.34. The summed E-state index contributed by atoms with van der Waals surface area (Å²) in [5, 5.41) is 20.4. The fourth-order valence-corrected chi connectivity index (χ4v) is 4.77. The lowest BCUT2D eigenvalue weighted by molar-refractivity contribution is 0.171. The third kappa shape index (κ3) is 5.24. The van der Waals surface area contributed by atoms with Crippen LogP contribution in [0.15, 0.2) is 35.4 Å². The smallest absolute Gasteiger partial charge is 0.427 e. The molecule has 1 amide bonds. The number of rotatable bonds is 7. The maximum Gasteiger partial charge on any atom is 0.427 e. The molecule has 0 saturated carbocycles. The number of aromatic nitrogens is 2. The first-order chi connectivity index (χ1) is 17.2. The van der Waals surface area contributed by atoms with Crippen LogP contribution in [-0.2, 0) is 0 Å². The van der Waals surface area contributed by atoms with E-state index in [9.17, 15) is 9.90 Å². The van der Waals surface area contributed by atoms with E-state index in [0.717, 1.165) is 54.1 Å². The van der Waals surface area contributed by atoms with Crippen LogP contribution in [0.1, 0.15) is 38.2 Å². The zero-order valence-electron chi connectivity index (χ0n) is 21.3. The Morgan fingerprint density at radius 3 is 2.56 bits per heavy atom. The Labute approximate surface area is 216 Å². The van der Waals surface area contributed by atoms with Crippen molar-refractivity contribution in [2.45, 2.75) is 37.6 Å². The third-order valence-electron chi connectivity index (χ3n) is 6.20. The number of carbonyl (C=O) groups is 1. The minimum Gasteiger partial charge on any atom is -0.507 e. The molecule has 4 rings (SSSR count). The minimum atomic E-state index is -0.637. The van der Waals surface area contributed by atoms with E-state index in [1.165, 1.54) is 11.1 Å². The number of methoxy groups -OCH3 is 1. The summed E-state index contributed by atoms with van der Waals surface area (Å²) in [7, 11) is 5.05. The molecule has 36 heavy (non-hydrogen) atoms. The summed E-state index contributed by atoms with van der Waals surface area (Å²) in [6, 6.07) is 9.30. The molecule has 192 valence electrons. The molecule has 3 aromatic rings. The average Bonchev–Trinajstić information content (AvgIpc) is 3.48. The highest BCUT2D eigenvalue weighted by Gasteiger charge is 2.24. The monoisotopic (exact) mass is 511 g/mol. The molecule has 1 saturated heterocycles. The molecule has 1 aliphatic rings. The van der Waals surface area contributed by atoms with E-state index in [1.807, 2.05) is 32.0 Å². The Balaban J connectivity index is 1.79. The maximum absolute atomic E-state index is 12.2. The molecule has 0 atom stereocenters. The Kier molecular flexibility index (Phi) is 7.65. The Morgan fingerprint density at radius 2 is 1.92 bits per heavy atom. The van der Waals surface area contributed by atoms with Gasteiger partial charge >= 0.3 is 6.09 Å². The highest BCUT2D eigenvalue weighted by Crippen LogP contribution is 2.44. The van der Waals surface area contributed by atoms with Crippen LogP contribution in [0.4, 0.5) is 10.5 Å². The van der Waals surface area contributed by atoms with Crippen molar-refractivity contribution in [2.24, 2.45) is 0 Å². The Hall–Kier alpha value is -3.37. The van der Waals surface area contributed by atoms with E-state index >= 15 is 0 Å². The molecule has 3 N–H and O–H groups in total. The number of H-pyrrole nitrogens is 1. The topological polar surface area (TPSA) is 103 Å². The predicted octanol–water partition coefficient (Wildman–Crippen LogP) is 5.04. The van der Waals surface area contributed by atoms with Crippen LogP contribution in [0.2, 0.25) is 0 Å². The number of nitrogens with one attached hydrogen (secondary N) is 2. The first-order valence-corrected chi connectivity index (χ1v) is 12.4. The van der Waals surface area contributed by atoms with Crippen LogP contribution in [0.3, 0.4) is 0 Å². The summed E-state index contributed by atoms with van der Waals surface area (Å²) < 4.78 is 11.1. The van der Waals surface area contributed by atoms with E-state index in [-0.39, 0.29) is 11.7 Å². The molecule has 0 bridgehead atoms. The van der Waals surface area contributed by atoms with Gasteiger partial charge in [0.15, 0.2) is 0 Å². The van der Waals surface area contributed by atoms with Crippen molar-refractivity contribution in [1.29, 1.82) is 0 Å². The molecular formula is C26H33N5O4S. The first-order valence-electron chi connectivity index (χ1n) is 11.9. The van der Waals surface area contributed by atoms with Gasteiger partial charge in [-0.05, 0) is 48.1 Å². The molecule has 0 unspecified atom stereocenters. The summed E-state index contributed by atoms with van der Waals surface area (Å²) in [6.45, 7) is 5.95.